The Morgan fingerprint density at radius 3 is 2.52 bits per heavy atom. The standard InChI is InChI=1S/C22H27N3O5S/c1-31(27,28)25(19-8-9-20-21(12-19)30-16-29-20)15-22(26)23-13-17-6-2-3-7-18(17)14-24-10-4-5-11-24/h2-3,6-9,12H,4-5,10-11,13-16H2,1H3,(H,23,26). The molecule has 2 aromatic rings. The molecule has 0 radical (unpaired) electrons. The molecule has 1 N–H and O–H groups in total. The van der Waals surface area contributed by atoms with Gasteiger partial charge in [-0.1, -0.05) is 24.3 Å². The molecule has 0 aromatic heterocycles. The first-order chi connectivity index (χ1) is 14.9. The number of benzene rings is 2. The van der Waals surface area contributed by atoms with Crippen LogP contribution in [-0.2, 0) is 27.9 Å². The number of sulfonamides is 1. The Morgan fingerprint density at radius 1 is 1.06 bits per heavy atom. The molecule has 0 bridgehead atoms. The highest BCUT2D eigenvalue weighted by Gasteiger charge is 2.24. The van der Waals surface area contributed by atoms with Crippen molar-refractivity contribution in [2.24, 2.45) is 0 Å². The second-order valence-electron chi connectivity index (χ2n) is 7.84. The number of rotatable bonds is 8. The lowest BCUT2D eigenvalue weighted by atomic mass is 10.1. The third-order valence-electron chi connectivity index (χ3n) is 5.52. The number of amides is 1. The van der Waals surface area contributed by atoms with Gasteiger partial charge in [-0.2, -0.15) is 0 Å². The maximum atomic E-state index is 12.7. The molecule has 166 valence electrons. The lowest BCUT2D eigenvalue weighted by Crippen LogP contribution is -2.40. The largest absolute Gasteiger partial charge is 0.454 e. The van der Waals surface area contributed by atoms with Gasteiger partial charge < -0.3 is 14.8 Å². The van der Waals surface area contributed by atoms with Gasteiger partial charge in [0.2, 0.25) is 22.7 Å². The zero-order valence-electron chi connectivity index (χ0n) is 17.5. The molecule has 1 amide bonds. The zero-order chi connectivity index (χ0) is 21.8. The second-order valence-corrected chi connectivity index (χ2v) is 9.74. The van der Waals surface area contributed by atoms with Crippen molar-refractivity contribution in [1.29, 1.82) is 0 Å². The van der Waals surface area contributed by atoms with Crippen LogP contribution in [0.4, 0.5) is 5.69 Å². The van der Waals surface area contributed by atoms with Crippen LogP contribution in [0.25, 0.3) is 0 Å². The van der Waals surface area contributed by atoms with E-state index in [1.807, 2.05) is 18.2 Å². The van der Waals surface area contributed by atoms with E-state index < -0.39 is 10.0 Å². The Kier molecular flexibility index (Phi) is 6.33. The molecule has 0 atom stereocenters. The van der Waals surface area contributed by atoms with Gasteiger partial charge in [-0.3, -0.25) is 14.0 Å². The Morgan fingerprint density at radius 2 is 1.77 bits per heavy atom. The van der Waals surface area contributed by atoms with Gasteiger partial charge in [-0.25, -0.2) is 8.42 Å². The first-order valence-corrected chi connectivity index (χ1v) is 12.2. The van der Waals surface area contributed by atoms with Crippen LogP contribution in [0.2, 0.25) is 0 Å². The van der Waals surface area contributed by atoms with Crippen molar-refractivity contribution in [3.8, 4) is 11.5 Å². The lowest BCUT2D eigenvalue weighted by Gasteiger charge is -2.22. The third kappa shape index (κ3) is 5.29. The molecule has 8 nitrogen and oxygen atoms in total. The number of likely N-dealkylation sites (tertiary alicyclic amines) is 1. The Bertz CT molecular complexity index is 1050. The van der Waals surface area contributed by atoms with Gasteiger partial charge >= 0.3 is 0 Å². The minimum absolute atomic E-state index is 0.0922. The summed E-state index contributed by atoms with van der Waals surface area (Å²) >= 11 is 0. The van der Waals surface area contributed by atoms with E-state index in [9.17, 15) is 13.2 Å². The molecule has 2 aromatic carbocycles. The van der Waals surface area contributed by atoms with E-state index in [4.69, 9.17) is 9.47 Å². The summed E-state index contributed by atoms with van der Waals surface area (Å²) in [6, 6.07) is 12.8. The molecule has 2 aliphatic rings. The zero-order valence-corrected chi connectivity index (χ0v) is 18.4. The minimum atomic E-state index is -3.67. The summed E-state index contributed by atoms with van der Waals surface area (Å²) in [4.78, 5) is 15.1. The highest BCUT2D eigenvalue weighted by molar-refractivity contribution is 7.92. The highest BCUT2D eigenvalue weighted by atomic mass is 32.2. The number of hydrogen-bond acceptors (Lipinski definition) is 6. The third-order valence-corrected chi connectivity index (χ3v) is 6.66. The molecular formula is C22H27N3O5S. The van der Waals surface area contributed by atoms with Crippen LogP contribution >= 0.6 is 0 Å². The molecule has 1 fully saturated rings. The number of carbonyl (C=O) groups excluding carboxylic acids is 1. The number of nitrogens with one attached hydrogen (secondary N) is 1. The van der Waals surface area contributed by atoms with E-state index in [0.29, 0.717) is 23.7 Å². The van der Waals surface area contributed by atoms with Crippen molar-refractivity contribution in [3.63, 3.8) is 0 Å². The Labute approximate surface area is 182 Å². The summed E-state index contributed by atoms with van der Waals surface area (Å²) in [6.07, 6.45) is 3.52. The van der Waals surface area contributed by atoms with Gasteiger partial charge in [0.15, 0.2) is 11.5 Å². The van der Waals surface area contributed by atoms with Gasteiger partial charge in [0.05, 0.1) is 11.9 Å². The summed E-state index contributed by atoms with van der Waals surface area (Å²) in [5, 5.41) is 2.87. The number of fused-ring (bicyclic) bond motifs is 1. The van der Waals surface area contributed by atoms with Gasteiger partial charge in [0.1, 0.15) is 6.54 Å². The second kappa shape index (κ2) is 9.15. The number of hydrogen-bond donors (Lipinski definition) is 1. The summed E-state index contributed by atoms with van der Waals surface area (Å²) in [6.45, 7) is 3.18. The van der Waals surface area contributed by atoms with Crippen molar-refractivity contribution < 1.29 is 22.7 Å². The van der Waals surface area contributed by atoms with Crippen LogP contribution in [0.1, 0.15) is 24.0 Å². The number of nitrogens with zero attached hydrogens (tertiary/aromatic N) is 2. The molecule has 31 heavy (non-hydrogen) atoms. The first-order valence-electron chi connectivity index (χ1n) is 10.3. The maximum absolute atomic E-state index is 12.7. The van der Waals surface area contributed by atoms with E-state index in [2.05, 4.69) is 16.3 Å². The topological polar surface area (TPSA) is 88.2 Å². The van der Waals surface area contributed by atoms with Crippen LogP contribution in [0.3, 0.4) is 0 Å². The fraction of sp³-hybridized carbons (Fsp3) is 0.409. The molecule has 0 aliphatic carbocycles. The molecule has 4 rings (SSSR count). The van der Waals surface area contributed by atoms with Crippen molar-refractivity contribution in [2.45, 2.75) is 25.9 Å². The fourth-order valence-corrected chi connectivity index (χ4v) is 4.73. The first kappa shape index (κ1) is 21.5. The Hall–Kier alpha value is -2.78. The minimum Gasteiger partial charge on any atom is -0.454 e. The number of carbonyl (C=O) groups is 1. The Balaban J connectivity index is 1.42. The molecule has 0 unspecified atom stereocenters. The SMILES string of the molecule is CS(=O)(=O)N(CC(=O)NCc1ccccc1CN1CCCC1)c1ccc2c(c1)OCO2. The van der Waals surface area contributed by atoms with Gasteiger partial charge in [-0.15, -0.1) is 0 Å². The predicted octanol–water partition coefficient (Wildman–Crippen LogP) is 2.09. The van der Waals surface area contributed by atoms with E-state index in [1.165, 1.54) is 18.4 Å². The summed E-state index contributed by atoms with van der Waals surface area (Å²) in [5.41, 5.74) is 2.58. The highest BCUT2D eigenvalue weighted by Crippen LogP contribution is 2.36. The van der Waals surface area contributed by atoms with E-state index >= 15 is 0 Å². The van der Waals surface area contributed by atoms with Crippen LogP contribution < -0.4 is 19.1 Å². The molecule has 1 saturated heterocycles. The van der Waals surface area contributed by atoms with Gasteiger partial charge in [0, 0.05) is 19.2 Å². The van der Waals surface area contributed by atoms with E-state index in [0.717, 1.165) is 35.8 Å². The summed E-state index contributed by atoms with van der Waals surface area (Å²) in [5.74, 6) is 0.637. The monoisotopic (exact) mass is 445 g/mol. The van der Waals surface area contributed by atoms with Crippen molar-refractivity contribution in [1.82, 2.24) is 10.2 Å². The maximum Gasteiger partial charge on any atom is 0.241 e. The van der Waals surface area contributed by atoms with Crippen LogP contribution in [0.5, 0.6) is 11.5 Å². The smallest absolute Gasteiger partial charge is 0.241 e. The van der Waals surface area contributed by atoms with E-state index in [-0.39, 0.29) is 19.2 Å². The van der Waals surface area contributed by atoms with Crippen LogP contribution in [0.15, 0.2) is 42.5 Å². The van der Waals surface area contributed by atoms with Crippen molar-refractivity contribution >= 4 is 21.6 Å². The average Bonchev–Trinajstić information content (AvgIpc) is 3.41. The molecule has 2 heterocycles. The van der Waals surface area contributed by atoms with Crippen LogP contribution in [0, 0.1) is 0 Å². The van der Waals surface area contributed by atoms with Gasteiger partial charge in [0.25, 0.3) is 0 Å². The van der Waals surface area contributed by atoms with E-state index in [1.54, 1.807) is 18.2 Å². The molecule has 0 spiro atoms. The summed E-state index contributed by atoms with van der Waals surface area (Å²) < 4.78 is 36.4. The normalized spacial score (nSPS) is 15.8. The average molecular weight is 446 g/mol. The molecule has 2 aliphatic heterocycles. The van der Waals surface area contributed by atoms with Gasteiger partial charge in [-0.05, 0) is 49.2 Å². The quantitative estimate of drug-likeness (QED) is 0.670. The molecular weight excluding hydrogens is 418 g/mol. The number of anilines is 1. The van der Waals surface area contributed by atoms with Crippen molar-refractivity contribution in [2.75, 3.05) is 37.0 Å². The van der Waals surface area contributed by atoms with Crippen LogP contribution in [-0.4, -0.2) is 51.9 Å². The molecule has 9 heteroatoms. The fourth-order valence-electron chi connectivity index (χ4n) is 3.89. The summed E-state index contributed by atoms with van der Waals surface area (Å²) in [7, 11) is -3.67. The lowest BCUT2D eigenvalue weighted by molar-refractivity contribution is -0.119. The predicted molar refractivity (Wildman–Crippen MR) is 118 cm³/mol. The van der Waals surface area contributed by atoms with Crippen molar-refractivity contribution in [3.05, 3.63) is 53.6 Å². The molecule has 0 saturated carbocycles. The number of ether oxygens (including phenoxy) is 2.